The van der Waals surface area contributed by atoms with Crippen LogP contribution in [0.15, 0.2) is 24.3 Å². The summed E-state index contributed by atoms with van der Waals surface area (Å²) >= 11 is 0. The lowest BCUT2D eigenvalue weighted by molar-refractivity contribution is 0.317. The molecule has 1 aromatic rings. The molecule has 0 spiro atoms. The summed E-state index contributed by atoms with van der Waals surface area (Å²) in [6.07, 6.45) is 7.01. The van der Waals surface area contributed by atoms with E-state index in [-0.39, 0.29) is 0 Å². The van der Waals surface area contributed by atoms with Crippen LogP contribution in [0.1, 0.15) is 49.1 Å². The van der Waals surface area contributed by atoms with E-state index in [1.54, 1.807) is 5.56 Å². The summed E-state index contributed by atoms with van der Waals surface area (Å²) in [6.45, 7) is 3.61. The maximum atomic E-state index is 3.73. The van der Waals surface area contributed by atoms with E-state index in [2.05, 4.69) is 34.5 Å². The van der Waals surface area contributed by atoms with Crippen molar-refractivity contribution in [1.82, 2.24) is 10.2 Å². The third kappa shape index (κ3) is 2.85. The van der Waals surface area contributed by atoms with Crippen LogP contribution in [0.4, 0.5) is 0 Å². The molecule has 0 aromatic heterocycles. The largest absolute Gasteiger partial charge is 0.309 e. The fraction of sp³-hybridized carbons (Fsp3) is 0.647. The highest BCUT2D eigenvalue weighted by molar-refractivity contribution is 5.28. The first-order valence-electron chi connectivity index (χ1n) is 7.95. The van der Waals surface area contributed by atoms with E-state index in [0.717, 1.165) is 18.5 Å². The third-order valence-electron chi connectivity index (χ3n) is 4.91. The topological polar surface area (TPSA) is 15.3 Å². The van der Waals surface area contributed by atoms with Gasteiger partial charge in [0.25, 0.3) is 0 Å². The molecule has 0 radical (unpaired) electrons. The van der Waals surface area contributed by atoms with Gasteiger partial charge in [0.2, 0.25) is 0 Å². The fourth-order valence-electron chi connectivity index (χ4n) is 3.31. The van der Waals surface area contributed by atoms with Gasteiger partial charge >= 0.3 is 0 Å². The van der Waals surface area contributed by atoms with Crippen molar-refractivity contribution in [2.24, 2.45) is 0 Å². The molecule has 2 heteroatoms. The molecule has 2 saturated carbocycles. The molecule has 1 atom stereocenters. The monoisotopic (exact) mass is 256 g/mol. The number of rotatable bonds is 5. The van der Waals surface area contributed by atoms with E-state index in [9.17, 15) is 0 Å². The average molecular weight is 256 g/mol. The normalized spacial score (nSPS) is 27.9. The summed E-state index contributed by atoms with van der Waals surface area (Å²) in [5.74, 6) is 0.879. The van der Waals surface area contributed by atoms with E-state index in [4.69, 9.17) is 0 Å². The first-order chi connectivity index (χ1) is 9.38. The predicted molar refractivity (Wildman–Crippen MR) is 78.3 cm³/mol. The molecule has 19 heavy (non-hydrogen) atoms. The minimum Gasteiger partial charge on any atom is -0.309 e. The summed E-state index contributed by atoms with van der Waals surface area (Å²) < 4.78 is 0. The molecule has 1 unspecified atom stereocenters. The van der Waals surface area contributed by atoms with Crippen molar-refractivity contribution >= 4 is 0 Å². The smallest absolute Gasteiger partial charge is 0.0210 e. The predicted octanol–water partition coefficient (Wildman–Crippen LogP) is 2.89. The van der Waals surface area contributed by atoms with E-state index in [0.29, 0.717) is 6.04 Å². The van der Waals surface area contributed by atoms with Crippen LogP contribution < -0.4 is 5.32 Å². The summed E-state index contributed by atoms with van der Waals surface area (Å²) in [6, 6.07) is 10.9. The molecule has 102 valence electrons. The molecule has 0 amide bonds. The van der Waals surface area contributed by atoms with Crippen LogP contribution in [0.3, 0.4) is 0 Å². The van der Waals surface area contributed by atoms with Gasteiger partial charge in [-0.1, -0.05) is 24.3 Å². The van der Waals surface area contributed by atoms with E-state index in [1.807, 2.05) is 0 Å². The maximum absolute atomic E-state index is 3.73. The molecule has 2 aliphatic carbocycles. The van der Waals surface area contributed by atoms with Gasteiger partial charge in [0.05, 0.1) is 0 Å². The zero-order valence-corrected chi connectivity index (χ0v) is 11.6. The molecule has 3 aliphatic rings. The van der Waals surface area contributed by atoms with Crippen LogP contribution >= 0.6 is 0 Å². The van der Waals surface area contributed by atoms with E-state index >= 15 is 0 Å². The highest BCUT2D eigenvalue weighted by Gasteiger charge is 2.34. The van der Waals surface area contributed by atoms with Gasteiger partial charge in [-0.15, -0.1) is 0 Å². The van der Waals surface area contributed by atoms with E-state index in [1.165, 1.54) is 50.8 Å². The van der Waals surface area contributed by atoms with Gasteiger partial charge in [-0.25, -0.2) is 0 Å². The average Bonchev–Trinajstić information content (AvgIpc) is 3.36. The minimum atomic E-state index is 0.712. The lowest BCUT2D eigenvalue weighted by Gasteiger charge is -2.16. The molecule has 4 rings (SSSR count). The highest BCUT2D eigenvalue weighted by atomic mass is 15.2. The number of benzene rings is 1. The molecule has 1 heterocycles. The second-order valence-electron chi connectivity index (χ2n) is 6.61. The number of nitrogens with one attached hydrogen (secondary N) is 1. The van der Waals surface area contributed by atoms with Crippen molar-refractivity contribution in [2.75, 3.05) is 13.1 Å². The van der Waals surface area contributed by atoms with Gasteiger partial charge in [-0.3, -0.25) is 4.90 Å². The molecule has 1 saturated heterocycles. The molecule has 2 nitrogen and oxygen atoms in total. The van der Waals surface area contributed by atoms with Gasteiger partial charge in [0.1, 0.15) is 0 Å². The Kier molecular flexibility index (Phi) is 3.08. The zero-order valence-electron chi connectivity index (χ0n) is 11.6. The Balaban J connectivity index is 1.27. The van der Waals surface area contributed by atoms with Crippen molar-refractivity contribution in [3.8, 4) is 0 Å². The molecule has 0 bridgehead atoms. The summed E-state index contributed by atoms with van der Waals surface area (Å²) in [7, 11) is 0. The Hall–Kier alpha value is -0.860. The van der Waals surface area contributed by atoms with Crippen molar-refractivity contribution < 1.29 is 0 Å². The first kappa shape index (κ1) is 11.9. The Morgan fingerprint density at radius 3 is 2.47 bits per heavy atom. The Morgan fingerprint density at radius 1 is 1.00 bits per heavy atom. The second kappa shape index (κ2) is 4.92. The second-order valence-corrected chi connectivity index (χ2v) is 6.61. The van der Waals surface area contributed by atoms with Crippen molar-refractivity contribution in [3.63, 3.8) is 0 Å². The third-order valence-corrected chi connectivity index (χ3v) is 4.91. The van der Waals surface area contributed by atoms with Crippen molar-refractivity contribution in [2.45, 2.75) is 56.7 Å². The number of hydrogen-bond donors (Lipinski definition) is 1. The van der Waals surface area contributed by atoms with Crippen molar-refractivity contribution in [3.05, 3.63) is 35.4 Å². The van der Waals surface area contributed by atoms with E-state index < -0.39 is 0 Å². The lowest BCUT2D eigenvalue weighted by Crippen LogP contribution is -2.32. The minimum absolute atomic E-state index is 0.712. The molecule has 1 N–H and O–H groups in total. The molecule has 1 aromatic carbocycles. The lowest BCUT2D eigenvalue weighted by atomic mass is 10.1. The quantitative estimate of drug-likeness (QED) is 0.871. The van der Waals surface area contributed by atoms with Gasteiger partial charge in [0.15, 0.2) is 0 Å². The van der Waals surface area contributed by atoms with Gasteiger partial charge in [-0.2, -0.15) is 0 Å². The zero-order chi connectivity index (χ0) is 12.7. The van der Waals surface area contributed by atoms with Crippen LogP contribution in [0.5, 0.6) is 0 Å². The Bertz CT molecular complexity index is 431. The Labute approximate surface area is 116 Å². The number of likely N-dealkylation sites (tertiary alicyclic amines) is 1. The first-order valence-corrected chi connectivity index (χ1v) is 7.95. The standard InChI is InChI=1S/C17H24N2/c1-3-14(15-5-6-15)4-2-13(1)11-18-16-9-10-19(12-16)17-7-8-17/h1-4,15-18H,5-12H2. The molecule has 1 aliphatic heterocycles. The van der Waals surface area contributed by atoms with Gasteiger partial charge in [0, 0.05) is 31.7 Å². The number of hydrogen-bond acceptors (Lipinski definition) is 2. The van der Waals surface area contributed by atoms with Crippen LogP contribution in [0.2, 0.25) is 0 Å². The van der Waals surface area contributed by atoms with Crippen LogP contribution in [0, 0.1) is 0 Å². The summed E-state index contributed by atoms with van der Waals surface area (Å²) in [4.78, 5) is 2.67. The SMILES string of the molecule is c1cc(C2CC2)ccc1CNC1CCN(C2CC2)C1. The molecular formula is C17H24N2. The fourth-order valence-corrected chi connectivity index (χ4v) is 3.31. The van der Waals surface area contributed by atoms with Gasteiger partial charge < -0.3 is 5.32 Å². The summed E-state index contributed by atoms with van der Waals surface area (Å²) in [5, 5.41) is 3.73. The van der Waals surface area contributed by atoms with Crippen molar-refractivity contribution in [1.29, 1.82) is 0 Å². The molecule has 3 fully saturated rings. The Morgan fingerprint density at radius 2 is 1.79 bits per heavy atom. The van der Waals surface area contributed by atoms with Crippen LogP contribution in [-0.4, -0.2) is 30.1 Å². The summed E-state index contributed by atoms with van der Waals surface area (Å²) in [5.41, 5.74) is 2.98. The number of nitrogens with zero attached hydrogens (tertiary/aromatic N) is 1. The van der Waals surface area contributed by atoms with Crippen LogP contribution in [0.25, 0.3) is 0 Å². The maximum Gasteiger partial charge on any atom is 0.0210 e. The highest BCUT2D eigenvalue weighted by Crippen LogP contribution is 2.39. The molecular weight excluding hydrogens is 232 g/mol. The van der Waals surface area contributed by atoms with Gasteiger partial charge in [-0.05, 0) is 49.1 Å². The van der Waals surface area contributed by atoms with Crippen LogP contribution in [-0.2, 0) is 6.54 Å².